The molecule has 2 amide bonds. The quantitative estimate of drug-likeness (QED) is 0.872. The molecule has 2 N–H and O–H groups in total. The second-order valence-corrected chi connectivity index (χ2v) is 6.05. The number of amides is 2. The van der Waals surface area contributed by atoms with E-state index in [0.29, 0.717) is 17.3 Å². The van der Waals surface area contributed by atoms with E-state index >= 15 is 0 Å². The van der Waals surface area contributed by atoms with Gasteiger partial charge in [-0.05, 0) is 62.3 Å². The van der Waals surface area contributed by atoms with E-state index in [-0.39, 0.29) is 12.1 Å². The number of nitrogens with zero attached hydrogens (tertiary/aromatic N) is 1. The van der Waals surface area contributed by atoms with Gasteiger partial charge in [-0.3, -0.25) is 4.90 Å². The van der Waals surface area contributed by atoms with Gasteiger partial charge in [-0.25, -0.2) is 4.79 Å². The van der Waals surface area contributed by atoms with E-state index in [1.54, 1.807) is 30.5 Å². The fourth-order valence-corrected chi connectivity index (χ4v) is 2.97. The molecule has 23 heavy (non-hydrogen) atoms. The van der Waals surface area contributed by atoms with Gasteiger partial charge in [-0.15, -0.1) is 0 Å². The zero-order chi connectivity index (χ0) is 16.1. The summed E-state index contributed by atoms with van der Waals surface area (Å²) in [5.74, 6) is 0.888. The van der Waals surface area contributed by atoms with Crippen molar-refractivity contribution in [1.82, 2.24) is 10.2 Å². The first kappa shape index (κ1) is 15.9. The molecule has 122 valence electrons. The van der Waals surface area contributed by atoms with Crippen molar-refractivity contribution in [3.05, 3.63) is 53.4 Å². The van der Waals surface area contributed by atoms with Crippen molar-refractivity contribution in [2.75, 3.05) is 25.0 Å². The topological polar surface area (TPSA) is 57.5 Å². The lowest BCUT2D eigenvalue weighted by Gasteiger charge is -2.26. The molecular formula is C17H20ClN3O2. The Kier molecular flexibility index (Phi) is 5.20. The molecule has 2 aromatic rings. The summed E-state index contributed by atoms with van der Waals surface area (Å²) in [6.07, 6.45) is 4.05. The van der Waals surface area contributed by atoms with Crippen LogP contribution in [0.25, 0.3) is 0 Å². The van der Waals surface area contributed by atoms with E-state index < -0.39 is 0 Å². The highest BCUT2D eigenvalue weighted by molar-refractivity contribution is 6.30. The van der Waals surface area contributed by atoms with Gasteiger partial charge >= 0.3 is 6.03 Å². The van der Waals surface area contributed by atoms with Crippen LogP contribution in [0.1, 0.15) is 24.6 Å². The molecule has 1 fully saturated rings. The molecule has 0 spiro atoms. The fraction of sp³-hybridized carbons (Fsp3) is 0.353. The van der Waals surface area contributed by atoms with E-state index in [9.17, 15) is 4.79 Å². The molecule has 5 nitrogen and oxygen atoms in total. The summed E-state index contributed by atoms with van der Waals surface area (Å²) < 4.78 is 5.54. The summed E-state index contributed by atoms with van der Waals surface area (Å²) in [6, 6.07) is 10.7. The summed E-state index contributed by atoms with van der Waals surface area (Å²) in [6.45, 7) is 2.57. The third-order valence-electron chi connectivity index (χ3n) is 4.01. The van der Waals surface area contributed by atoms with Crippen LogP contribution in [0, 0.1) is 0 Å². The fourth-order valence-electron chi connectivity index (χ4n) is 2.84. The molecule has 1 aromatic carbocycles. The van der Waals surface area contributed by atoms with E-state index in [1.807, 2.05) is 12.1 Å². The molecule has 0 bridgehead atoms. The molecular weight excluding hydrogens is 314 g/mol. The molecule has 6 heteroatoms. The van der Waals surface area contributed by atoms with Gasteiger partial charge < -0.3 is 15.1 Å². The molecule has 1 atom stereocenters. The van der Waals surface area contributed by atoms with Gasteiger partial charge in [0.15, 0.2) is 0 Å². The lowest BCUT2D eigenvalue weighted by molar-refractivity contribution is 0.207. The first-order chi connectivity index (χ1) is 11.2. The van der Waals surface area contributed by atoms with Crippen LogP contribution in [0.2, 0.25) is 5.02 Å². The number of likely N-dealkylation sites (tertiary alicyclic amines) is 1. The van der Waals surface area contributed by atoms with E-state index in [1.165, 1.54) is 12.8 Å². The van der Waals surface area contributed by atoms with Crippen LogP contribution in [0.3, 0.4) is 0 Å². The smallest absolute Gasteiger partial charge is 0.319 e. The zero-order valence-electron chi connectivity index (χ0n) is 12.8. The third-order valence-corrected chi connectivity index (χ3v) is 4.26. The predicted octanol–water partition coefficient (Wildman–Crippen LogP) is 3.89. The number of anilines is 1. The number of halogens is 1. The number of benzene rings is 1. The van der Waals surface area contributed by atoms with Gasteiger partial charge in [0.25, 0.3) is 0 Å². The summed E-state index contributed by atoms with van der Waals surface area (Å²) in [5.41, 5.74) is 0.711. The van der Waals surface area contributed by atoms with Crippen LogP contribution in [-0.4, -0.2) is 30.6 Å². The van der Waals surface area contributed by atoms with Crippen molar-refractivity contribution in [1.29, 1.82) is 0 Å². The molecule has 0 unspecified atom stereocenters. The highest BCUT2D eigenvalue weighted by Crippen LogP contribution is 2.24. The Morgan fingerprint density at radius 1 is 1.22 bits per heavy atom. The van der Waals surface area contributed by atoms with E-state index in [0.717, 1.165) is 18.8 Å². The van der Waals surface area contributed by atoms with Gasteiger partial charge in [-0.1, -0.05) is 11.6 Å². The highest BCUT2D eigenvalue weighted by Gasteiger charge is 2.25. The summed E-state index contributed by atoms with van der Waals surface area (Å²) in [5, 5.41) is 6.37. The van der Waals surface area contributed by atoms with Crippen molar-refractivity contribution in [3.63, 3.8) is 0 Å². The number of hydrogen-bond donors (Lipinski definition) is 2. The van der Waals surface area contributed by atoms with Crippen LogP contribution in [0.5, 0.6) is 0 Å². The number of carbonyl (C=O) groups is 1. The maximum Gasteiger partial charge on any atom is 0.319 e. The van der Waals surface area contributed by atoms with E-state index in [4.69, 9.17) is 16.0 Å². The SMILES string of the molecule is O=C(NC[C@@H](c1ccco1)N1CCCC1)Nc1ccc(Cl)cc1. The van der Waals surface area contributed by atoms with Crippen molar-refractivity contribution in [2.45, 2.75) is 18.9 Å². The van der Waals surface area contributed by atoms with Crippen molar-refractivity contribution < 1.29 is 9.21 Å². The van der Waals surface area contributed by atoms with Crippen LogP contribution < -0.4 is 10.6 Å². The van der Waals surface area contributed by atoms with Crippen LogP contribution >= 0.6 is 11.6 Å². The molecule has 0 radical (unpaired) electrons. The van der Waals surface area contributed by atoms with Gasteiger partial charge in [-0.2, -0.15) is 0 Å². The molecule has 0 saturated carbocycles. The molecule has 0 aliphatic carbocycles. The standard InChI is InChI=1S/C17H20ClN3O2/c18-13-5-7-14(8-6-13)20-17(22)19-12-15(16-4-3-11-23-16)21-9-1-2-10-21/h3-8,11,15H,1-2,9-10,12H2,(H2,19,20,22)/t15-/m0/s1. The molecule has 1 aliphatic heterocycles. The predicted molar refractivity (Wildman–Crippen MR) is 90.7 cm³/mol. The lowest BCUT2D eigenvalue weighted by atomic mass is 10.2. The Bertz CT molecular complexity index is 622. The average Bonchev–Trinajstić information content (AvgIpc) is 3.24. The normalized spacial score (nSPS) is 16.2. The van der Waals surface area contributed by atoms with Crippen molar-refractivity contribution in [2.24, 2.45) is 0 Å². The molecule has 3 rings (SSSR count). The van der Waals surface area contributed by atoms with Gasteiger partial charge in [0, 0.05) is 17.3 Å². The van der Waals surface area contributed by atoms with Crippen LogP contribution in [0.15, 0.2) is 47.1 Å². The number of rotatable bonds is 5. The summed E-state index contributed by atoms with van der Waals surface area (Å²) >= 11 is 5.84. The average molecular weight is 334 g/mol. The molecule has 2 heterocycles. The maximum atomic E-state index is 12.1. The summed E-state index contributed by atoms with van der Waals surface area (Å²) in [7, 11) is 0. The monoisotopic (exact) mass is 333 g/mol. The summed E-state index contributed by atoms with van der Waals surface area (Å²) in [4.78, 5) is 14.4. The number of nitrogens with one attached hydrogen (secondary N) is 2. The Morgan fingerprint density at radius 2 is 1.96 bits per heavy atom. The number of urea groups is 1. The number of carbonyl (C=O) groups excluding carboxylic acids is 1. The minimum atomic E-state index is -0.233. The van der Waals surface area contributed by atoms with Crippen molar-refractivity contribution in [3.8, 4) is 0 Å². The highest BCUT2D eigenvalue weighted by atomic mass is 35.5. The Balaban J connectivity index is 1.57. The second-order valence-electron chi connectivity index (χ2n) is 5.62. The van der Waals surface area contributed by atoms with Crippen molar-refractivity contribution >= 4 is 23.3 Å². The minimum absolute atomic E-state index is 0.0727. The largest absolute Gasteiger partial charge is 0.468 e. The van der Waals surface area contributed by atoms with Gasteiger partial charge in [0.05, 0.1) is 12.3 Å². The van der Waals surface area contributed by atoms with Crippen LogP contribution in [0.4, 0.5) is 10.5 Å². The first-order valence-corrected chi connectivity index (χ1v) is 8.18. The van der Waals surface area contributed by atoms with E-state index in [2.05, 4.69) is 15.5 Å². The Morgan fingerprint density at radius 3 is 2.61 bits per heavy atom. The van der Waals surface area contributed by atoms with Gasteiger partial charge in [0.2, 0.25) is 0 Å². The molecule has 1 aliphatic rings. The first-order valence-electron chi connectivity index (χ1n) is 7.80. The molecule has 1 aromatic heterocycles. The third kappa shape index (κ3) is 4.27. The maximum absolute atomic E-state index is 12.1. The zero-order valence-corrected chi connectivity index (χ0v) is 13.6. The number of furan rings is 1. The Labute approximate surface area is 140 Å². The van der Waals surface area contributed by atoms with Gasteiger partial charge in [0.1, 0.15) is 5.76 Å². The number of hydrogen-bond acceptors (Lipinski definition) is 3. The Hall–Kier alpha value is -1.98. The van der Waals surface area contributed by atoms with Crippen LogP contribution in [-0.2, 0) is 0 Å². The lowest BCUT2D eigenvalue weighted by Crippen LogP contribution is -2.38. The molecule has 1 saturated heterocycles. The minimum Gasteiger partial charge on any atom is -0.468 e. The second kappa shape index (κ2) is 7.53.